The molecule has 2 fully saturated rings. The van der Waals surface area contributed by atoms with Crippen LogP contribution in [0.4, 0.5) is 4.79 Å². The predicted octanol–water partition coefficient (Wildman–Crippen LogP) is 2.32. The van der Waals surface area contributed by atoms with Gasteiger partial charge in [-0.3, -0.25) is 4.79 Å². The molecule has 1 aliphatic heterocycles. The first-order valence-electron chi connectivity index (χ1n) is 7.83. The van der Waals surface area contributed by atoms with Gasteiger partial charge in [0, 0.05) is 25.6 Å². The molecule has 1 saturated heterocycles. The largest absolute Gasteiger partial charge is 0.481 e. The summed E-state index contributed by atoms with van der Waals surface area (Å²) in [4.78, 5) is 24.1. The molecule has 5 nitrogen and oxygen atoms in total. The molecule has 114 valence electrons. The molecule has 2 rings (SSSR count). The number of carboxylic acids is 1. The van der Waals surface area contributed by atoms with Crippen molar-refractivity contribution in [3.63, 3.8) is 0 Å². The van der Waals surface area contributed by atoms with Gasteiger partial charge in [-0.05, 0) is 24.7 Å². The molecule has 2 amide bonds. The van der Waals surface area contributed by atoms with Crippen LogP contribution < -0.4 is 5.32 Å². The number of aliphatic carboxylic acids is 1. The smallest absolute Gasteiger partial charge is 0.317 e. The topological polar surface area (TPSA) is 69.6 Å². The Kier molecular flexibility index (Phi) is 5.26. The number of carbonyl (C=O) groups excluding carboxylic acids is 1. The number of hydrogen-bond donors (Lipinski definition) is 2. The van der Waals surface area contributed by atoms with Crippen LogP contribution in [0.1, 0.15) is 45.4 Å². The van der Waals surface area contributed by atoms with Crippen LogP contribution in [0.3, 0.4) is 0 Å². The summed E-state index contributed by atoms with van der Waals surface area (Å²) in [6, 6.07) is -0.0238. The molecule has 0 spiro atoms. The van der Waals surface area contributed by atoms with Gasteiger partial charge in [-0.1, -0.05) is 26.2 Å². The Balaban J connectivity index is 1.59. The number of hydrogen-bond acceptors (Lipinski definition) is 2. The van der Waals surface area contributed by atoms with Crippen LogP contribution in [0, 0.1) is 17.8 Å². The lowest BCUT2D eigenvalue weighted by molar-refractivity contribution is -0.139. The van der Waals surface area contributed by atoms with Gasteiger partial charge in [0.15, 0.2) is 0 Å². The van der Waals surface area contributed by atoms with Crippen molar-refractivity contribution in [1.82, 2.24) is 10.2 Å². The zero-order valence-corrected chi connectivity index (χ0v) is 12.3. The summed E-state index contributed by atoms with van der Waals surface area (Å²) in [6.07, 6.45) is 6.48. The molecular formula is C15H26N2O3. The van der Waals surface area contributed by atoms with Gasteiger partial charge in [-0.25, -0.2) is 4.79 Å². The fraction of sp³-hybridized carbons (Fsp3) is 0.867. The van der Waals surface area contributed by atoms with Crippen LogP contribution in [-0.2, 0) is 4.79 Å². The van der Waals surface area contributed by atoms with E-state index in [1.807, 2.05) is 0 Å². The highest BCUT2D eigenvalue weighted by Crippen LogP contribution is 2.30. The number of urea groups is 1. The summed E-state index contributed by atoms with van der Waals surface area (Å²) in [7, 11) is 0. The lowest BCUT2D eigenvalue weighted by atomic mass is 9.81. The zero-order chi connectivity index (χ0) is 14.5. The van der Waals surface area contributed by atoms with E-state index < -0.39 is 5.97 Å². The van der Waals surface area contributed by atoms with Gasteiger partial charge in [0.2, 0.25) is 0 Å². The zero-order valence-electron chi connectivity index (χ0n) is 12.3. The number of nitrogens with zero attached hydrogens (tertiary/aromatic N) is 1. The molecule has 0 bridgehead atoms. The normalized spacial score (nSPS) is 26.9. The number of amides is 2. The third-order valence-corrected chi connectivity index (χ3v) is 4.79. The number of carboxylic acid groups (broad SMARTS) is 1. The van der Waals surface area contributed by atoms with Gasteiger partial charge in [0.25, 0.3) is 0 Å². The minimum absolute atomic E-state index is 0.0238. The Labute approximate surface area is 120 Å². The Morgan fingerprint density at radius 2 is 1.70 bits per heavy atom. The fourth-order valence-electron chi connectivity index (χ4n) is 3.30. The van der Waals surface area contributed by atoms with Crippen molar-refractivity contribution >= 4 is 12.0 Å². The van der Waals surface area contributed by atoms with Crippen molar-refractivity contribution in [2.75, 3.05) is 19.6 Å². The molecule has 0 atom stereocenters. The maximum atomic E-state index is 11.9. The Hall–Kier alpha value is -1.26. The predicted molar refractivity (Wildman–Crippen MR) is 76.5 cm³/mol. The summed E-state index contributed by atoms with van der Waals surface area (Å²) in [5.74, 6) is 0.868. The third-order valence-electron chi connectivity index (χ3n) is 4.79. The SMILES string of the molecule is CCC1CCC(CNC(=O)N2CC(CC(=O)O)C2)CC1. The van der Waals surface area contributed by atoms with E-state index >= 15 is 0 Å². The summed E-state index contributed by atoms with van der Waals surface area (Å²) in [5.41, 5.74) is 0. The van der Waals surface area contributed by atoms with Crippen LogP contribution in [0.25, 0.3) is 0 Å². The number of rotatable bonds is 5. The second kappa shape index (κ2) is 6.95. The molecule has 1 heterocycles. The average Bonchev–Trinajstić information content (AvgIpc) is 2.40. The van der Waals surface area contributed by atoms with Gasteiger partial charge < -0.3 is 15.3 Å². The van der Waals surface area contributed by atoms with Crippen molar-refractivity contribution in [3.05, 3.63) is 0 Å². The van der Waals surface area contributed by atoms with E-state index in [2.05, 4.69) is 12.2 Å². The second-order valence-electron chi connectivity index (χ2n) is 6.35. The molecule has 0 aromatic carbocycles. The highest BCUT2D eigenvalue weighted by molar-refractivity contribution is 5.75. The average molecular weight is 282 g/mol. The van der Waals surface area contributed by atoms with Gasteiger partial charge in [-0.15, -0.1) is 0 Å². The second-order valence-corrected chi connectivity index (χ2v) is 6.35. The molecule has 20 heavy (non-hydrogen) atoms. The van der Waals surface area contributed by atoms with E-state index in [1.54, 1.807) is 4.90 Å². The lowest BCUT2D eigenvalue weighted by Crippen LogP contribution is -2.54. The maximum Gasteiger partial charge on any atom is 0.317 e. The summed E-state index contributed by atoms with van der Waals surface area (Å²) >= 11 is 0. The van der Waals surface area contributed by atoms with Crippen molar-refractivity contribution in [1.29, 1.82) is 0 Å². The molecule has 2 N–H and O–H groups in total. The highest BCUT2D eigenvalue weighted by atomic mass is 16.4. The van der Waals surface area contributed by atoms with Crippen LogP contribution >= 0.6 is 0 Å². The molecule has 0 aromatic heterocycles. The first-order chi connectivity index (χ1) is 9.58. The van der Waals surface area contributed by atoms with Crippen LogP contribution in [0.15, 0.2) is 0 Å². The summed E-state index contributed by atoms with van der Waals surface area (Å²) < 4.78 is 0. The Morgan fingerprint density at radius 1 is 1.10 bits per heavy atom. The van der Waals surface area contributed by atoms with Crippen molar-refractivity contribution in [2.45, 2.75) is 45.4 Å². The van der Waals surface area contributed by atoms with Crippen LogP contribution in [0.5, 0.6) is 0 Å². The molecule has 2 aliphatic rings. The van der Waals surface area contributed by atoms with Gasteiger partial charge in [0.1, 0.15) is 0 Å². The molecule has 0 radical (unpaired) electrons. The lowest BCUT2D eigenvalue weighted by Gasteiger charge is -2.39. The maximum absolute atomic E-state index is 11.9. The molecule has 1 saturated carbocycles. The van der Waals surface area contributed by atoms with E-state index in [-0.39, 0.29) is 18.4 Å². The van der Waals surface area contributed by atoms with Gasteiger partial charge in [0.05, 0.1) is 6.42 Å². The van der Waals surface area contributed by atoms with E-state index in [1.165, 1.54) is 32.1 Å². The number of carbonyl (C=O) groups is 2. The molecule has 0 unspecified atom stereocenters. The Bertz CT molecular complexity index is 345. The van der Waals surface area contributed by atoms with E-state index in [9.17, 15) is 9.59 Å². The molecular weight excluding hydrogens is 256 g/mol. The molecule has 5 heteroatoms. The number of nitrogens with one attached hydrogen (secondary N) is 1. The van der Waals surface area contributed by atoms with E-state index in [4.69, 9.17) is 5.11 Å². The third kappa shape index (κ3) is 4.12. The number of likely N-dealkylation sites (tertiary alicyclic amines) is 1. The van der Waals surface area contributed by atoms with Crippen LogP contribution in [0.2, 0.25) is 0 Å². The van der Waals surface area contributed by atoms with E-state index in [0.717, 1.165) is 12.5 Å². The standard InChI is InChI=1S/C15H26N2O3/c1-2-11-3-5-12(6-4-11)8-16-15(20)17-9-13(10-17)7-14(18)19/h11-13H,2-10H2,1H3,(H,16,20)(H,18,19). The van der Waals surface area contributed by atoms with Crippen molar-refractivity contribution in [2.24, 2.45) is 17.8 Å². The Morgan fingerprint density at radius 3 is 2.25 bits per heavy atom. The van der Waals surface area contributed by atoms with Crippen molar-refractivity contribution < 1.29 is 14.7 Å². The first kappa shape index (κ1) is 15.1. The minimum Gasteiger partial charge on any atom is -0.481 e. The fourth-order valence-corrected chi connectivity index (χ4v) is 3.30. The summed E-state index contributed by atoms with van der Waals surface area (Å²) in [6.45, 7) is 4.20. The summed E-state index contributed by atoms with van der Waals surface area (Å²) in [5, 5.41) is 11.7. The van der Waals surface area contributed by atoms with Gasteiger partial charge >= 0.3 is 12.0 Å². The van der Waals surface area contributed by atoms with E-state index in [0.29, 0.717) is 19.0 Å². The van der Waals surface area contributed by atoms with Crippen LogP contribution in [-0.4, -0.2) is 41.6 Å². The quantitative estimate of drug-likeness (QED) is 0.813. The molecule has 0 aromatic rings. The minimum atomic E-state index is -0.775. The first-order valence-corrected chi connectivity index (χ1v) is 7.83. The van der Waals surface area contributed by atoms with Gasteiger partial charge in [-0.2, -0.15) is 0 Å². The van der Waals surface area contributed by atoms with Crippen molar-refractivity contribution in [3.8, 4) is 0 Å². The molecule has 1 aliphatic carbocycles. The highest BCUT2D eigenvalue weighted by Gasteiger charge is 2.32. The monoisotopic (exact) mass is 282 g/mol.